The second kappa shape index (κ2) is 5.48. The predicted octanol–water partition coefficient (Wildman–Crippen LogP) is 2.88. The zero-order chi connectivity index (χ0) is 14.0. The minimum Gasteiger partial charge on any atom is -0.313 e. The maximum atomic E-state index is 14.1. The Bertz CT molecular complexity index is 567. The monoisotopic (exact) mass is 265 g/mol. The van der Waals surface area contributed by atoms with E-state index in [1.54, 1.807) is 19.9 Å². The summed E-state index contributed by atoms with van der Waals surface area (Å²) in [6, 6.07) is 4.47. The molecule has 5 heteroatoms. The molecule has 0 atom stereocenters. The van der Waals surface area contributed by atoms with Crippen LogP contribution < -0.4 is 5.32 Å². The van der Waals surface area contributed by atoms with E-state index in [1.165, 1.54) is 16.8 Å². The molecule has 0 saturated carbocycles. The Morgan fingerprint density at radius 2 is 1.79 bits per heavy atom. The molecule has 19 heavy (non-hydrogen) atoms. The largest absolute Gasteiger partial charge is 0.313 e. The Morgan fingerprint density at radius 3 is 2.26 bits per heavy atom. The van der Waals surface area contributed by atoms with Gasteiger partial charge in [0.15, 0.2) is 11.6 Å². The summed E-state index contributed by atoms with van der Waals surface area (Å²) >= 11 is 0. The SMILES string of the molecule is CCNCc1cc(F)c(-n2nc(C)cc2C)c(F)c1. The number of aryl methyl sites for hydroxylation is 2. The van der Waals surface area contributed by atoms with Crippen molar-refractivity contribution in [2.45, 2.75) is 27.3 Å². The van der Waals surface area contributed by atoms with Gasteiger partial charge in [0.25, 0.3) is 0 Å². The summed E-state index contributed by atoms with van der Waals surface area (Å²) in [7, 11) is 0. The van der Waals surface area contributed by atoms with E-state index in [4.69, 9.17) is 0 Å². The van der Waals surface area contributed by atoms with E-state index < -0.39 is 11.6 Å². The first-order valence-corrected chi connectivity index (χ1v) is 6.25. The summed E-state index contributed by atoms with van der Waals surface area (Å²) in [5.74, 6) is -1.20. The normalized spacial score (nSPS) is 11.0. The van der Waals surface area contributed by atoms with Crippen molar-refractivity contribution < 1.29 is 8.78 Å². The molecular formula is C14H17F2N3. The summed E-state index contributed by atoms with van der Waals surface area (Å²) in [4.78, 5) is 0. The maximum Gasteiger partial charge on any atom is 0.152 e. The Labute approximate surface area is 111 Å². The molecule has 0 spiro atoms. The number of halogens is 2. The number of hydrogen-bond acceptors (Lipinski definition) is 2. The van der Waals surface area contributed by atoms with Crippen LogP contribution in [-0.4, -0.2) is 16.3 Å². The average molecular weight is 265 g/mol. The van der Waals surface area contributed by atoms with E-state index in [1.807, 2.05) is 6.92 Å². The van der Waals surface area contributed by atoms with Gasteiger partial charge in [-0.2, -0.15) is 5.10 Å². The lowest BCUT2D eigenvalue weighted by molar-refractivity contribution is 0.551. The zero-order valence-corrected chi connectivity index (χ0v) is 11.3. The van der Waals surface area contributed by atoms with Crippen molar-refractivity contribution in [2.24, 2.45) is 0 Å². The lowest BCUT2D eigenvalue weighted by Gasteiger charge is -2.10. The van der Waals surface area contributed by atoms with Crippen LogP contribution in [0.1, 0.15) is 23.9 Å². The number of hydrogen-bond donors (Lipinski definition) is 1. The molecule has 1 N–H and O–H groups in total. The van der Waals surface area contributed by atoms with Crippen molar-refractivity contribution in [3.05, 3.63) is 46.8 Å². The van der Waals surface area contributed by atoms with Gasteiger partial charge in [0.05, 0.1) is 5.69 Å². The smallest absolute Gasteiger partial charge is 0.152 e. The Balaban J connectivity index is 2.44. The lowest BCUT2D eigenvalue weighted by atomic mass is 10.2. The predicted molar refractivity (Wildman–Crippen MR) is 70.3 cm³/mol. The first kappa shape index (κ1) is 13.7. The third kappa shape index (κ3) is 2.81. The molecule has 0 aliphatic rings. The molecule has 2 aromatic rings. The van der Waals surface area contributed by atoms with Crippen LogP contribution in [0.25, 0.3) is 5.69 Å². The van der Waals surface area contributed by atoms with Gasteiger partial charge in [-0.05, 0) is 44.2 Å². The van der Waals surface area contributed by atoms with Crippen molar-refractivity contribution in [1.82, 2.24) is 15.1 Å². The molecule has 0 fully saturated rings. The van der Waals surface area contributed by atoms with E-state index in [0.717, 1.165) is 12.2 Å². The van der Waals surface area contributed by atoms with Crippen LogP contribution >= 0.6 is 0 Å². The molecule has 0 bridgehead atoms. The van der Waals surface area contributed by atoms with E-state index in [-0.39, 0.29) is 5.69 Å². The molecular weight excluding hydrogens is 248 g/mol. The molecule has 1 aromatic carbocycles. The van der Waals surface area contributed by atoms with Crippen molar-refractivity contribution in [2.75, 3.05) is 6.54 Å². The Kier molecular flexibility index (Phi) is 3.95. The first-order chi connectivity index (χ1) is 9.02. The number of rotatable bonds is 4. The third-order valence-electron chi connectivity index (χ3n) is 2.88. The number of nitrogens with zero attached hydrogens (tertiary/aromatic N) is 2. The van der Waals surface area contributed by atoms with Gasteiger partial charge in [-0.1, -0.05) is 6.92 Å². The zero-order valence-electron chi connectivity index (χ0n) is 11.3. The molecule has 0 unspecified atom stereocenters. The van der Waals surface area contributed by atoms with E-state index >= 15 is 0 Å². The third-order valence-corrected chi connectivity index (χ3v) is 2.88. The summed E-state index contributed by atoms with van der Waals surface area (Å²) in [6.07, 6.45) is 0. The lowest BCUT2D eigenvalue weighted by Crippen LogP contribution is -2.13. The molecule has 0 radical (unpaired) electrons. The molecule has 1 aromatic heterocycles. The summed E-state index contributed by atoms with van der Waals surface area (Å²) in [5.41, 5.74) is 1.90. The van der Waals surface area contributed by atoms with Crippen LogP contribution in [0, 0.1) is 25.5 Å². The molecule has 102 valence electrons. The van der Waals surface area contributed by atoms with Gasteiger partial charge in [0.2, 0.25) is 0 Å². The van der Waals surface area contributed by atoms with Gasteiger partial charge in [-0.25, -0.2) is 13.5 Å². The van der Waals surface area contributed by atoms with Crippen molar-refractivity contribution in [3.63, 3.8) is 0 Å². The van der Waals surface area contributed by atoms with Crippen molar-refractivity contribution >= 4 is 0 Å². The molecule has 0 saturated heterocycles. The van der Waals surface area contributed by atoms with Crippen LogP contribution in [0.3, 0.4) is 0 Å². The second-order valence-electron chi connectivity index (χ2n) is 4.53. The first-order valence-electron chi connectivity index (χ1n) is 6.25. The highest BCUT2D eigenvalue weighted by atomic mass is 19.1. The maximum absolute atomic E-state index is 14.1. The van der Waals surface area contributed by atoms with Gasteiger partial charge in [0.1, 0.15) is 5.69 Å². The highest BCUT2D eigenvalue weighted by Gasteiger charge is 2.15. The molecule has 3 nitrogen and oxygen atoms in total. The second-order valence-corrected chi connectivity index (χ2v) is 4.53. The van der Waals surface area contributed by atoms with E-state index in [9.17, 15) is 8.78 Å². The van der Waals surface area contributed by atoms with E-state index in [2.05, 4.69) is 10.4 Å². The highest BCUT2D eigenvalue weighted by Crippen LogP contribution is 2.21. The molecule has 0 aliphatic heterocycles. The Morgan fingerprint density at radius 1 is 1.16 bits per heavy atom. The number of nitrogens with one attached hydrogen (secondary N) is 1. The van der Waals surface area contributed by atoms with Gasteiger partial charge < -0.3 is 5.32 Å². The minimum absolute atomic E-state index is 0.120. The van der Waals surface area contributed by atoms with E-state index in [0.29, 0.717) is 17.8 Å². The quantitative estimate of drug-likeness (QED) is 0.921. The van der Waals surface area contributed by atoms with Crippen LogP contribution in [0.4, 0.5) is 8.78 Å². The highest BCUT2D eigenvalue weighted by molar-refractivity contribution is 5.39. The van der Waals surface area contributed by atoms with Crippen molar-refractivity contribution in [3.8, 4) is 5.69 Å². The molecule has 1 heterocycles. The van der Waals surface area contributed by atoms with Crippen LogP contribution in [0.15, 0.2) is 18.2 Å². The fourth-order valence-corrected chi connectivity index (χ4v) is 2.05. The van der Waals surface area contributed by atoms with Crippen LogP contribution in [-0.2, 0) is 6.54 Å². The standard InChI is InChI=1S/C14H17F2N3/c1-4-17-8-11-6-12(15)14(13(16)7-11)19-10(3)5-9(2)18-19/h5-7,17H,4,8H2,1-3H3. The topological polar surface area (TPSA) is 29.9 Å². The average Bonchev–Trinajstić information content (AvgIpc) is 2.65. The van der Waals surface area contributed by atoms with Gasteiger partial charge in [0, 0.05) is 12.2 Å². The summed E-state index contributed by atoms with van der Waals surface area (Å²) in [6.45, 7) is 6.70. The molecule has 0 amide bonds. The molecule has 0 aliphatic carbocycles. The van der Waals surface area contributed by atoms with Gasteiger partial charge >= 0.3 is 0 Å². The van der Waals surface area contributed by atoms with Crippen LogP contribution in [0.5, 0.6) is 0 Å². The van der Waals surface area contributed by atoms with Crippen molar-refractivity contribution in [1.29, 1.82) is 0 Å². The number of benzene rings is 1. The fourth-order valence-electron chi connectivity index (χ4n) is 2.05. The summed E-state index contributed by atoms with van der Waals surface area (Å²) < 4.78 is 29.5. The number of aromatic nitrogens is 2. The van der Waals surface area contributed by atoms with Crippen LogP contribution in [0.2, 0.25) is 0 Å². The molecule has 2 rings (SSSR count). The fraction of sp³-hybridized carbons (Fsp3) is 0.357. The van der Waals surface area contributed by atoms with Gasteiger partial charge in [-0.15, -0.1) is 0 Å². The minimum atomic E-state index is -0.598. The summed E-state index contributed by atoms with van der Waals surface area (Å²) in [5, 5.41) is 7.15. The van der Waals surface area contributed by atoms with Gasteiger partial charge in [-0.3, -0.25) is 0 Å². The Hall–Kier alpha value is -1.75.